The Kier molecular flexibility index (Phi) is 9.27. The third-order valence-electron chi connectivity index (χ3n) is 9.31. The molecule has 2 fully saturated rings. The van der Waals surface area contributed by atoms with Gasteiger partial charge in [0.1, 0.15) is 17.3 Å². The Balaban J connectivity index is 0.000000181. The highest BCUT2D eigenvalue weighted by molar-refractivity contribution is 6.30. The van der Waals surface area contributed by atoms with Crippen molar-refractivity contribution in [2.24, 2.45) is 11.3 Å². The van der Waals surface area contributed by atoms with E-state index in [-0.39, 0.29) is 17.3 Å². The summed E-state index contributed by atoms with van der Waals surface area (Å²) < 4.78 is 10.9. The molecule has 3 aromatic rings. The van der Waals surface area contributed by atoms with E-state index in [1.54, 1.807) is 82.3 Å². The molecular formula is C38H41ClO6. The van der Waals surface area contributed by atoms with Gasteiger partial charge in [-0.3, -0.25) is 9.59 Å². The number of halogens is 1. The highest BCUT2D eigenvalue weighted by Crippen LogP contribution is 2.57. The maximum Gasteiger partial charge on any atom is 0.350 e. The number of benzene rings is 3. The standard InChI is InChI=1S/C20H21ClO4.C18H20O2/c1-13(2)24-19(23)20(3,4)25-17-11-7-15(8-12-17)18(22)14-5-9-16(21)10-6-14;1-18-9-8-14-13-5-3-12(19)10-11(13)2-4-15(14)16(18)6-7-17(18)20/h5-13H,1-4H3;3-5,10,14,16,19H,2,6-9H2,1H3. The Morgan fingerprint density at radius 3 is 2.27 bits per heavy atom. The summed E-state index contributed by atoms with van der Waals surface area (Å²) in [7, 11) is 0. The summed E-state index contributed by atoms with van der Waals surface area (Å²) in [6.45, 7) is 9.03. The van der Waals surface area contributed by atoms with Crippen molar-refractivity contribution < 1.29 is 29.0 Å². The first kappa shape index (κ1) is 32.5. The van der Waals surface area contributed by atoms with Crippen LogP contribution in [-0.4, -0.2) is 34.3 Å². The molecule has 0 aromatic heterocycles. The van der Waals surface area contributed by atoms with Gasteiger partial charge in [0.25, 0.3) is 0 Å². The zero-order chi connectivity index (χ0) is 32.5. The van der Waals surface area contributed by atoms with Crippen molar-refractivity contribution >= 4 is 29.1 Å². The molecule has 6 nitrogen and oxygen atoms in total. The van der Waals surface area contributed by atoms with E-state index < -0.39 is 11.6 Å². The number of hydrogen-bond acceptors (Lipinski definition) is 6. The number of ether oxygens (including phenoxy) is 2. The van der Waals surface area contributed by atoms with Gasteiger partial charge < -0.3 is 14.6 Å². The molecule has 0 saturated heterocycles. The molecule has 0 heterocycles. The summed E-state index contributed by atoms with van der Waals surface area (Å²) in [5.41, 5.74) is 4.00. The summed E-state index contributed by atoms with van der Waals surface area (Å²) >= 11 is 5.84. The first-order valence-electron chi connectivity index (χ1n) is 15.6. The molecule has 3 aromatic carbocycles. The molecule has 0 aliphatic heterocycles. The largest absolute Gasteiger partial charge is 0.508 e. The SMILES string of the molecule is CC(C)OC(=O)C(C)(C)Oc1ccc(C(=O)c2ccc(Cl)cc2)cc1.CC12CCC3C(=CCc4cc(O)ccc43)C1CCC2=O. The molecule has 0 spiro atoms. The van der Waals surface area contributed by atoms with Gasteiger partial charge in [-0.2, -0.15) is 0 Å². The van der Waals surface area contributed by atoms with Crippen molar-refractivity contribution in [1.82, 2.24) is 0 Å². The van der Waals surface area contributed by atoms with Crippen LogP contribution in [0.3, 0.4) is 0 Å². The molecule has 3 unspecified atom stereocenters. The molecule has 6 rings (SSSR count). The van der Waals surface area contributed by atoms with Crippen molar-refractivity contribution in [3.05, 3.63) is 106 Å². The third-order valence-corrected chi connectivity index (χ3v) is 9.57. The van der Waals surface area contributed by atoms with Crippen LogP contribution in [0.5, 0.6) is 11.5 Å². The smallest absolute Gasteiger partial charge is 0.350 e. The number of carbonyl (C=O) groups is 3. The Labute approximate surface area is 270 Å². The van der Waals surface area contributed by atoms with E-state index in [0.29, 0.717) is 45.3 Å². The van der Waals surface area contributed by atoms with Crippen molar-refractivity contribution in [3.63, 3.8) is 0 Å². The number of phenolic OH excluding ortho intramolecular Hbond substituents is 1. The lowest BCUT2D eigenvalue weighted by Crippen LogP contribution is -2.40. The zero-order valence-corrected chi connectivity index (χ0v) is 27.3. The van der Waals surface area contributed by atoms with Gasteiger partial charge in [-0.05, 0) is 131 Å². The molecule has 0 bridgehead atoms. The number of phenols is 1. The topological polar surface area (TPSA) is 89.9 Å². The molecule has 1 N–H and O–H groups in total. The van der Waals surface area contributed by atoms with Crippen LogP contribution < -0.4 is 4.74 Å². The number of Topliss-reactive ketones (excluding diaryl/α,β-unsaturated/α-hetero) is 1. The lowest BCUT2D eigenvalue weighted by molar-refractivity contribution is -0.163. The van der Waals surface area contributed by atoms with E-state index in [2.05, 4.69) is 19.1 Å². The highest BCUT2D eigenvalue weighted by Gasteiger charge is 2.52. The first-order valence-corrected chi connectivity index (χ1v) is 16.0. The fourth-order valence-corrected chi connectivity index (χ4v) is 6.99. The van der Waals surface area contributed by atoms with E-state index in [1.165, 1.54) is 16.7 Å². The van der Waals surface area contributed by atoms with Crippen LogP contribution in [0.1, 0.15) is 93.3 Å². The number of ketones is 2. The van der Waals surface area contributed by atoms with Crippen LogP contribution in [0.2, 0.25) is 5.02 Å². The van der Waals surface area contributed by atoms with Gasteiger partial charge >= 0.3 is 5.97 Å². The zero-order valence-electron chi connectivity index (χ0n) is 26.6. The van der Waals surface area contributed by atoms with Crippen molar-refractivity contribution in [3.8, 4) is 11.5 Å². The monoisotopic (exact) mass is 628 g/mol. The van der Waals surface area contributed by atoms with Crippen LogP contribution in [0, 0.1) is 11.3 Å². The second-order valence-electron chi connectivity index (χ2n) is 13.2. The highest BCUT2D eigenvalue weighted by atomic mass is 35.5. The van der Waals surface area contributed by atoms with Crippen LogP contribution >= 0.6 is 11.6 Å². The number of allylic oxidation sites excluding steroid dienone is 2. The molecule has 0 amide bonds. The normalized spacial score (nSPS) is 21.8. The Hall–Kier alpha value is -3.90. The van der Waals surface area contributed by atoms with Gasteiger partial charge in [0, 0.05) is 33.9 Å². The number of aromatic hydroxyl groups is 1. The van der Waals surface area contributed by atoms with E-state index in [1.807, 2.05) is 6.07 Å². The third kappa shape index (κ3) is 6.86. The fourth-order valence-electron chi connectivity index (χ4n) is 6.87. The number of carbonyl (C=O) groups excluding carboxylic acids is 3. The van der Waals surface area contributed by atoms with Gasteiger partial charge in [-0.25, -0.2) is 4.79 Å². The molecule has 3 atom stereocenters. The van der Waals surface area contributed by atoms with E-state index in [4.69, 9.17) is 21.1 Å². The maximum absolute atomic E-state index is 12.4. The van der Waals surface area contributed by atoms with Crippen LogP contribution in [-0.2, 0) is 20.7 Å². The average Bonchev–Trinajstić information content (AvgIpc) is 3.31. The Morgan fingerprint density at radius 1 is 0.978 bits per heavy atom. The minimum atomic E-state index is -1.12. The lowest BCUT2D eigenvalue weighted by Gasteiger charge is -2.43. The number of hydrogen-bond donors (Lipinski definition) is 1. The fraction of sp³-hybridized carbons (Fsp3) is 0.395. The molecule has 3 aliphatic carbocycles. The lowest BCUT2D eigenvalue weighted by atomic mass is 9.60. The first-order chi connectivity index (χ1) is 21.3. The molecule has 2 saturated carbocycles. The molecular weight excluding hydrogens is 588 g/mol. The second-order valence-corrected chi connectivity index (χ2v) is 13.7. The Bertz CT molecular complexity index is 1620. The Morgan fingerprint density at radius 2 is 1.62 bits per heavy atom. The molecule has 0 radical (unpaired) electrons. The minimum Gasteiger partial charge on any atom is -0.508 e. The van der Waals surface area contributed by atoms with Crippen molar-refractivity contribution in [2.75, 3.05) is 0 Å². The number of fused-ring (bicyclic) bond motifs is 5. The van der Waals surface area contributed by atoms with Gasteiger partial charge in [0.15, 0.2) is 11.4 Å². The quantitative estimate of drug-likeness (QED) is 0.167. The average molecular weight is 629 g/mol. The summed E-state index contributed by atoms with van der Waals surface area (Å²) in [6.07, 6.45) is 6.90. The summed E-state index contributed by atoms with van der Waals surface area (Å²) in [4.78, 5) is 36.7. The predicted molar refractivity (Wildman–Crippen MR) is 175 cm³/mol. The summed E-state index contributed by atoms with van der Waals surface area (Å²) in [5, 5.41) is 10.2. The van der Waals surface area contributed by atoms with Crippen molar-refractivity contribution in [2.45, 2.75) is 84.3 Å². The molecule has 7 heteroatoms. The van der Waals surface area contributed by atoms with Crippen LogP contribution in [0.25, 0.3) is 0 Å². The molecule has 236 valence electrons. The maximum atomic E-state index is 12.4. The van der Waals surface area contributed by atoms with E-state index in [0.717, 1.165) is 32.1 Å². The molecule has 3 aliphatic rings. The van der Waals surface area contributed by atoms with Crippen LogP contribution in [0.15, 0.2) is 78.4 Å². The predicted octanol–water partition coefficient (Wildman–Crippen LogP) is 8.42. The number of esters is 1. The van der Waals surface area contributed by atoms with Crippen molar-refractivity contribution in [1.29, 1.82) is 0 Å². The minimum absolute atomic E-state index is 0.100. The molecule has 45 heavy (non-hydrogen) atoms. The van der Waals surface area contributed by atoms with Gasteiger partial charge in [-0.1, -0.05) is 36.2 Å². The van der Waals surface area contributed by atoms with Gasteiger partial charge in [-0.15, -0.1) is 0 Å². The van der Waals surface area contributed by atoms with Gasteiger partial charge in [0.05, 0.1) is 6.10 Å². The summed E-state index contributed by atoms with van der Waals surface area (Å²) in [6, 6.07) is 19.1. The summed E-state index contributed by atoms with van der Waals surface area (Å²) in [5.74, 6) is 1.69. The van der Waals surface area contributed by atoms with Crippen LogP contribution in [0.4, 0.5) is 0 Å². The van der Waals surface area contributed by atoms with E-state index >= 15 is 0 Å². The van der Waals surface area contributed by atoms with Gasteiger partial charge in [0.2, 0.25) is 0 Å². The second kappa shape index (κ2) is 12.8. The number of rotatable bonds is 6. The van der Waals surface area contributed by atoms with E-state index in [9.17, 15) is 19.5 Å².